The Morgan fingerprint density at radius 3 is 2.72 bits per heavy atom. The number of nitro benzene ring substituents is 1. The summed E-state index contributed by atoms with van der Waals surface area (Å²) in [7, 11) is 0. The summed E-state index contributed by atoms with van der Waals surface area (Å²) in [5.74, 6) is 0.666. The molecule has 2 aromatic heterocycles. The van der Waals surface area contributed by atoms with Crippen molar-refractivity contribution < 1.29 is 9.34 Å². The van der Waals surface area contributed by atoms with Gasteiger partial charge < -0.3 is 4.42 Å². The summed E-state index contributed by atoms with van der Waals surface area (Å²) in [6, 6.07) is 16.1. The van der Waals surface area contributed by atoms with Gasteiger partial charge in [0.15, 0.2) is 5.76 Å². The van der Waals surface area contributed by atoms with Crippen molar-refractivity contribution in [2.24, 2.45) is 10.1 Å². The molecule has 0 aliphatic rings. The molecule has 0 aliphatic heterocycles. The summed E-state index contributed by atoms with van der Waals surface area (Å²) >= 11 is 1.36. The van der Waals surface area contributed by atoms with Crippen molar-refractivity contribution in [3.8, 4) is 11.5 Å². The molecule has 0 radical (unpaired) electrons. The number of furan rings is 1. The molecule has 0 bridgehead atoms. The molecule has 0 fully saturated rings. The van der Waals surface area contributed by atoms with Gasteiger partial charge in [-0.25, -0.2) is 9.67 Å². The van der Waals surface area contributed by atoms with Crippen molar-refractivity contribution in [3.05, 3.63) is 74.9 Å². The average Bonchev–Trinajstić information content (AvgIpc) is 3.32. The highest BCUT2D eigenvalue weighted by Crippen LogP contribution is 2.29. The Hall–Kier alpha value is -3.52. The third kappa shape index (κ3) is 3.74. The predicted octanol–water partition coefficient (Wildman–Crippen LogP) is 5.74. The van der Waals surface area contributed by atoms with Gasteiger partial charge in [-0.05, 0) is 31.5 Å². The zero-order chi connectivity index (χ0) is 20.4. The van der Waals surface area contributed by atoms with E-state index in [1.54, 1.807) is 22.9 Å². The van der Waals surface area contributed by atoms with Crippen molar-refractivity contribution in [3.63, 3.8) is 0 Å². The first-order chi connectivity index (χ1) is 14.1. The molecule has 2 heterocycles. The standard InChI is InChI=1S/C21H18N4O3S/c1-3-14(2)23-24-18(20-12-15-8-4-7-11-19(15)28-20)13-29-21(24)22-16-9-5-6-10-17(16)25(26)27/h4-13H,3H2,1-2H3. The number of aromatic nitrogens is 1. The molecule has 4 rings (SSSR count). The zero-order valence-corrected chi connectivity index (χ0v) is 16.7. The van der Waals surface area contributed by atoms with Crippen LogP contribution >= 0.6 is 11.3 Å². The normalized spacial score (nSPS) is 12.6. The molecule has 7 nitrogen and oxygen atoms in total. The van der Waals surface area contributed by atoms with Crippen molar-refractivity contribution in [2.45, 2.75) is 20.3 Å². The molecule has 0 spiro atoms. The molecule has 0 saturated heterocycles. The second-order valence-corrected chi connectivity index (χ2v) is 7.25. The highest BCUT2D eigenvalue weighted by Gasteiger charge is 2.15. The van der Waals surface area contributed by atoms with E-state index in [-0.39, 0.29) is 11.4 Å². The Bertz CT molecular complexity index is 1260. The monoisotopic (exact) mass is 406 g/mol. The molecular formula is C21H18N4O3S. The lowest BCUT2D eigenvalue weighted by molar-refractivity contribution is -0.384. The van der Waals surface area contributed by atoms with Crippen LogP contribution in [0.1, 0.15) is 20.3 Å². The summed E-state index contributed by atoms with van der Waals surface area (Å²) in [5.41, 5.74) is 2.68. The SMILES string of the molecule is CCC(C)=Nn1c(-c2cc3ccccc3o2)csc1=Nc1ccccc1[N+](=O)[O-]. The number of thiazole rings is 1. The Balaban J connectivity index is 1.93. The fraction of sp³-hybridized carbons (Fsp3) is 0.143. The molecule has 4 aromatic rings. The molecule has 0 saturated carbocycles. The molecule has 0 aliphatic carbocycles. The fourth-order valence-corrected chi connectivity index (χ4v) is 3.63. The van der Waals surface area contributed by atoms with Gasteiger partial charge in [0.05, 0.1) is 4.92 Å². The maximum atomic E-state index is 11.3. The first kappa shape index (κ1) is 18.8. The summed E-state index contributed by atoms with van der Waals surface area (Å²) < 4.78 is 7.69. The molecule has 29 heavy (non-hydrogen) atoms. The highest BCUT2D eigenvalue weighted by atomic mass is 32.1. The van der Waals surface area contributed by atoms with Crippen LogP contribution in [-0.2, 0) is 0 Å². The van der Waals surface area contributed by atoms with Gasteiger partial charge in [-0.15, -0.1) is 11.3 Å². The number of rotatable bonds is 5. The number of nitrogens with zero attached hydrogens (tertiary/aromatic N) is 4. The molecule has 146 valence electrons. The van der Waals surface area contributed by atoms with E-state index in [1.807, 2.05) is 49.6 Å². The molecule has 0 atom stereocenters. The first-order valence-corrected chi connectivity index (χ1v) is 9.97. The molecule has 8 heteroatoms. The number of nitro groups is 1. The minimum Gasteiger partial charge on any atom is -0.454 e. The largest absolute Gasteiger partial charge is 0.454 e. The number of benzene rings is 2. The third-order valence-electron chi connectivity index (χ3n) is 4.44. The van der Waals surface area contributed by atoms with Gasteiger partial charge >= 0.3 is 0 Å². The minimum atomic E-state index is -0.433. The van der Waals surface area contributed by atoms with E-state index < -0.39 is 4.92 Å². The molecule has 0 amide bonds. The lowest BCUT2D eigenvalue weighted by Crippen LogP contribution is -2.13. The van der Waals surface area contributed by atoms with Crippen LogP contribution in [0.3, 0.4) is 0 Å². The molecular weight excluding hydrogens is 388 g/mol. The van der Waals surface area contributed by atoms with Crippen LogP contribution < -0.4 is 4.80 Å². The minimum absolute atomic E-state index is 0.0473. The smallest absolute Gasteiger partial charge is 0.294 e. The molecule has 0 unspecified atom stereocenters. The maximum absolute atomic E-state index is 11.3. The van der Waals surface area contributed by atoms with Crippen LogP contribution in [0, 0.1) is 10.1 Å². The van der Waals surface area contributed by atoms with Crippen LogP contribution in [0.4, 0.5) is 11.4 Å². The van der Waals surface area contributed by atoms with Gasteiger partial charge in [-0.2, -0.15) is 5.10 Å². The van der Waals surface area contributed by atoms with Gasteiger partial charge in [0.1, 0.15) is 17.0 Å². The van der Waals surface area contributed by atoms with Crippen LogP contribution in [0.2, 0.25) is 0 Å². The number of hydrogen-bond acceptors (Lipinski definition) is 6. The number of para-hydroxylation sites is 3. The van der Waals surface area contributed by atoms with Crippen molar-refractivity contribution >= 4 is 39.4 Å². The van der Waals surface area contributed by atoms with E-state index in [1.165, 1.54) is 17.4 Å². The summed E-state index contributed by atoms with van der Waals surface area (Å²) in [5, 5.41) is 18.9. The fourth-order valence-electron chi connectivity index (χ4n) is 2.81. The lowest BCUT2D eigenvalue weighted by atomic mass is 10.2. The van der Waals surface area contributed by atoms with Crippen molar-refractivity contribution in [1.29, 1.82) is 0 Å². The van der Waals surface area contributed by atoms with E-state index in [0.717, 1.165) is 28.8 Å². The quantitative estimate of drug-likeness (QED) is 0.241. The van der Waals surface area contributed by atoms with Crippen LogP contribution in [0.5, 0.6) is 0 Å². The Kier molecular flexibility index (Phi) is 5.09. The van der Waals surface area contributed by atoms with E-state index in [0.29, 0.717) is 10.6 Å². The molecule has 0 N–H and O–H groups in total. The number of fused-ring (bicyclic) bond motifs is 1. The van der Waals surface area contributed by atoms with Gasteiger partial charge in [0, 0.05) is 22.5 Å². The second-order valence-electron chi connectivity index (χ2n) is 6.41. The summed E-state index contributed by atoms with van der Waals surface area (Å²) in [6.07, 6.45) is 0.771. The second kappa shape index (κ2) is 7.84. The van der Waals surface area contributed by atoms with Gasteiger partial charge in [0.25, 0.3) is 5.69 Å². The number of hydrogen-bond donors (Lipinski definition) is 0. The van der Waals surface area contributed by atoms with E-state index in [2.05, 4.69) is 10.1 Å². The maximum Gasteiger partial charge on any atom is 0.294 e. The Labute approximate surface area is 170 Å². The van der Waals surface area contributed by atoms with Gasteiger partial charge in [-0.1, -0.05) is 37.3 Å². The predicted molar refractivity (Wildman–Crippen MR) is 115 cm³/mol. The summed E-state index contributed by atoms with van der Waals surface area (Å²) in [6.45, 7) is 3.95. The van der Waals surface area contributed by atoms with Crippen LogP contribution in [0.25, 0.3) is 22.4 Å². The first-order valence-electron chi connectivity index (χ1n) is 9.09. The van der Waals surface area contributed by atoms with Crippen LogP contribution in [0.15, 0.2) is 74.5 Å². The topological polar surface area (TPSA) is 85.9 Å². The Morgan fingerprint density at radius 1 is 1.21 bits per heavy atom. The summed E-state index contributed by atoms with van der Waals surface area (Å²) in [4.78, 5) is 16.0. The van der Waals surface area contributed by atoms with E-state index in [4.69, 9.17) is 4.42 Å². The van der Waals surface area contributed by atoms with Crippen molar-refractivity contribution in [1.82, 2.24) is 4.68 Å². The lowest BCUT2D eigenvalue weighted by Gasteiger charge is -2.03. The van der Waals surface area contributed by atoms with Gasteiger partial charge in [-0.3, -0.25) is 10.1 Å². The average molecular weight is 406 g/mol. The van der Waals surface area contributed by atoms with Crippen molar-refractivity contribution in [2.75, 3.05) is 0 Å². The zero-order valence-electron chi connectivity index (χ0n) is 15.9. The Morgan fingerprint density at radius 2 is 1.97 bits per heavy atom. The highest BCUT2D eigenvalue weighted by molar-refractivity contribution is 7.07. The van der Waals surface area contributed by atoms with E-state index >= 15 is 0 Å². The van der Waals surface area contributed by atoms with Crippen LogP contribution in [-0.4, -0.2) is 15.3 Å². The third-order valence-corrected chi connectivity index (χ3v) is 5.26. The van der Waals surface area contributed by atoms with Gasteiger partial charge in [0.2, 0.25) is 4.80 Å². The van der Waals surface area contributed by atoms with E-state index in [9.17, 15) is 10.1 Å². The molecule has 2 aromatic carbocycles.